The summed E-state index contributed by atoms with van der Waals surface area (Å²) >= 11 is 0. The monoisotopic (exact) mass is 501 g/mol. The molecule has 0 aliphatic carbocycles. The maximum absolute atomic E-state index is 13.8. The number of nitrogens with zero attached hydrogens (tertiary/aromatic N) is 5. The first-order chi connectivity index (χ1) is 17.3. The van der Waals surface area contributed by atoms with Crippen molar-refractivity contribution in [3.63, 3.8) is 0 Å². The third-order valence-electron chi connectivity index (χ3n) is 5.94. The first kappa shape index (κ1) is 25.6. The normalized spacial score (nSPS) is 15.7. The quantitative estimate of drug-likeness (QED) is 0.386. The summed E-state index contributed by atoms with van der Waals surface area (Å²) in [5.74, 6) is -0.0761. The zero-order chi connectivity index (χ0) is 25.7. The Morgan fingerprint density at radius 2 is 1.94 bits per heavy atom. The molecule has 1 saturated heterocycles. The highest BCUT2D eigenvalue weighted by Crippen LogP contribution is 2.37. The summed E-state index contributed by atoms with van der Waals surface area (Å²) in [6, 6.07) is 5.50. The molecule has 1 aliphatic rings. The molecule has 36 heavy (non-hydrogen) atoms. The maximum atomic E-state index is 13.8. The van der Waals surface area contributed by atoms with Gasteiger partial charge in [-0.25, -0.2) is 13.8 Å². The molecule has 0 saturated carbocycles. The zero-order valence-electron chi connectivity index (χ0n) is 21.1. The summed E-state index contributed by atoms with van der Waals surface area (Å²) in [4.78, 5) is 13.3. The molecule has 1 fully saturated rings. The molecule has 11 heteroatoms. The number of alkyl halides is 2. The number of hydrogen-bond acceptors (Lipinski definition) is 8. The second kappa shape index (κ2) is 11.1. The minimum absolute atomic E-state index is 0.176. The second-order valence-corrected chi connectivity index (χ2v) is 9.07. The average Bonchev–Trinajstić information content (AvgIpc) is 3.28. The van der Waals surface area contributed by atoms with E-state index >= 15 is 0 Å². The Hall–Kier alpha value is -3.47. The number of ether oxygens (including phenoxy) is 2. The second-order valence-electron chi connectivity index (χ2n) is 9.07. The lowest BCUT2D eigenvalue weighted by atomic mass is 10.1. The highest BCUT2D eigenvalue weighted by atomic mass is 19.3. The Morgan fingerprint density at radius 1 is 1.17 bits per heavy atom. The van der Waals surface area contributed by atoms with Crippen molar-refractivity contribution in [2.75, 3.05) is 57.7 Å². The smallest absolute Gasteiger partial charge is 0.251 e. The predicted molar refractivity (Wildman–Crippen MR) is 138 cm³/mol. The van der Waals surface area contributed by atoms with Crippen molar-refractivity contribution < 1.29 is 18.3 Å². The summed E-state index contributed by atoms with van der Waals surface area (Å²) in [5.41, 5.74) is 1.45. The fraction of sp³-hybridized carbons (Fsp3) is 0.480. The number of fused-ring (bicyclic) bond motifs is 1. The van der Waals surface area contributed by atoms with Gasteiger partial charge in [-0.05, 0) is 39.6 Å². The largest absolute Gasteiger partial charge is 0.493 e. The van der Waals surface area contributed by atoms with Crippen molar-refractivity contribution in [1.82, 2.24) is 25.1 Å². The van der Waals surface area contributed by atoms with Crippen LogP contribution in [0.15, 0.2) is 24.3 Å². The number of methoxy groups -OCH3 is 1. The summed E-state index contributed by atoms with van der Waals surface area (Å²) in [6.07, 6.45) is 4.20. The van der Waals surface area contributed by atoms with E-state index in [0.717, 1.165) is 18.7 Å². The molecule has 0 atom stereocenters. The molecular formula is C25H33F2N7O2. The van der Waals surface area contributed by atoms with E-state index in [1.54, 1.807) is 12.0 Å². The number of allylic oxidation sites excluding steroid dienone is 1. The lowest BCUT2D eigenvalue weighted by Crippen LogP contribution is -2.40. The van der Waals surface area contributed by atoms with E-state index in [4.69, 9.17) is 19.4 Å². The summed E-state index contributed by atoms with van der Waals surface area (Å²) in [6.45, 7) is 3.69. The fourth-order valence-corrected chi connectivity index (χ4v) is 4.02. The molecule has 1 aliphatic heterocycles. The number of anilines is 3. The number of H-pyrrole nitrogens is 1. The van der Waals surface area contributed by atoms with Gasteiger partial charge in [0.25, 0.3) is 5.92 Å². The summed E-state index contributed by atoms with van der Waals surface area (Å²) in [7, 11) is 5.61. The van der Waals surface area contributed by atoms with Gasteiger partial charge in [0.1, 0.15) is 5.82 Å². The minimum Gasteiger partial charge on any atom is -0.493 e. The predicted octanol–water partition coefficient (Wildman–Crippen LogP) is 4.70. The van der Waals surface area contributed by atoms with Crippen LogP contribution >= 0.6 is 0 Å². The van der Waals surface area contributed by atoms with Crippen molar-refractivity contribution in [2.45, 2.75) is 32.1 Å². The maximum Gasteiger partial charge on any atom is 0.251 e. The van der Waals surface area contributed by atoms with E-state index in [2.05, 4.69) is 20.4 Å². The Bertz CT molecular complexity index is 1200. The number of piperidine rings is 1. The van der Waals surface area contributed by atoms with Crippen LogP contribution in [0.2, 0.25) is 0 Å². The lowest BCUT2D eigenvalue weighted by Gasteiger charge is -2.32. The van der Waals surface area contributed by atoms with Gasteiger partial charge in [-0.1, -0.05) is 6.08 Å². The van der Waals surface area contributed by atoms with Crippen LogP contribution in [0.25, 0.3) is 17.0 Å². The molecule has 2 aromatic heterocycles. The Morgan fingerprint density at radius 3 is 2.64 bits per heavy atom. The minimum atomic E-state index is -2.66. The third-order valence-corrected chi connectivity index (χ3v) is 5.94. The molecule has 3 aromatic rings. The number of benzene rings is 1. The van der Waals surface area contributed by atoms with Gasteiger partial charge < -0.3 is 24.6 Å². The number of hydrogen-bond donors (Lipinski definition) is 2. The zero-order valence-corrected chi connectivity index (χ0v) is 21.1. The van der Waals surface area contributed by atoms with Gasteiger partial charge in [0.05, 0.1) is 24.9 Å². The Kier molecular flexibility index (Phi) is 7.88. The number of rotatable bonds is 10. The van der Waals surface area contributed by atoms with E-state index in [-0.39, 0.29) is 25.9 Å². The van der Waals surface area contributed by atoms with Crippen LogP contribution in [0.4, 0.5) is 26.4 Å². The van der Waals surface area contributed by atoms with Crippen LogP contribution in [0.5, 0.6) is 11.5 Å². The summed E-state index contributed by atoms with van der Waals surface area (Å²) < 4.78 is 39.2. The Labute approximate surface area is 209 Å². The van der Waals surface area contributed by atoms with Crippen LogP contribution in [-0.4, -0.2) is 78.4 Å². The Balaban J connectivity index is 1.71. The van der Waals surface area contributed by atoms with E-state index in [1.165, 1.54) is 0 Å². The van der Waals surface area contributed by atoms with Crippen LogP contribution in [0.3, 0.4) is 0 Å². The van der Waals surface area contributed by atoms with Crippen LogP contribution in [0.1, 0.15) is 31.9 Å². The number of aromatic amines is 1. The van der Waals surface area contributed by atoms with E-state index < -0.39 is 5.92 Å². The van der Waals surface area contributed by atoms with Gasteiger partial charge in [0.15, 0.2) is 17.3 Å². The molecule has 9 nitrogen and oxygen atoms in total. The number of halogens is 2. The molecule has 2 N–H and O–H groups in total. The highest BCUT2D eigenvalue weighted by molar-refractivity contribution is 5.94. The van der Waals surface area contributed by atoms with Gasteiger partial charge in [0.2, 0.25) is 5.95 Å². The average molecular weight is 502 g/mol. The molecule has 0 bridgehead atoms. The highest BCUT2D eigenvalue weighted by Gasteiger charge is 2.35. The molecule has 1 aromatic carbocycles. The number of aromatic nitrogens is 4. The third kappa shape index (κ3) is 6.20. The molecule has 0 spiro atoms. The standard InChI is InChI=1S/C25H33F2N7O2/c1-5-7-17-14-22(32-31-17)29-23-18-15-20(35-4)21(36-13-6-10-33(2)3)16-19(18)28-24(30-23)34-11-8-25(26,27)9-12-34/h5,7,14-16H,6,8-13H2,1-4H3,(H2,28,29,30,31,32). The van der Waals surface area contributed by atoms with E-state index in [9.17, 15) is 8.78 Å². The van der Waals surface area contributed by atoms with Crippen molar-refractivity contribution in [3.8, 4) is 11.5 Å². The van der Waals surface area contributed by atoms with Crippen molar-refractivity contribution in [2.24, 2.45) is 0 Å². The van der Waals surface area contributed by atoms with Gasteiger partial charge in [-0.3, -0.25) is 5.10 Å². The molecule has 0 unspecified atom stereocenters. The molecular weight excluding hydrogens is 468 g/mol. The molecule has 4 rings (SSSR count). The van der Waals surface area contributed by atoms with Crippen molar-refractivity contribution >= 4 is 34.6 Å². The van der Waals surface area contributed by atoms with Gasteiger partial charge in [-0.2, -0.15) is 10.1 Å². The molecule has 0 radical (unpaired) electrons. The van der Waals surface area contributed by atoms with E-state index in [1.807, 2.05) is 51.4 Å². The van der Waals surface area contributed by atoms with Crippen LogP contribution in [-0.2, 0) is 0 Å². The van der Waals surface area contributed by atoms with Gasteiger partial charge in [-0.15, -0.1) is 0 Å². The SMILES string of the molecule is CC=Cc1cc(Nc2nc(N3CCC(F)(F)CC3)nc3cc(OCCCN(C)C)c(OC)cc23)n[nH]1. The van der Waals surface area contributed by atoms with Crippen molar-refractivity contribution in [3.05, 3.63) is 30.0 Å². The topological polar surface area (TPSA) is 91.4 Å². The first-order valence-electron chi connectivity index (χ1n) is 12.0. The lowest BCUT2D eigenvalue weighted by molar-refractivity contribution is -0.0222. The van der Waals surface area contributed by atoms with Crippen molar-refractivity contribution in [1.29, 1.82) is 0 Å². The van der Waals surface area contributed by atoms with Crippen LogP contribution < -0.4 is 19.7 Å². The van der Waals surface area contributed by atoms with Crippen LogP contribution in [0, 0.1) is 0 Å². The number of nitrogens with one attached hydrogen (secondary N) is 2. The van der Waals surface area contributed by atoms with Gasteiger partial charge in [0, 0.05) is 50.0 Å². The molecule has 3 heterocycles. The van der Waals surface area contributed by atoms with E-state index in [0.29, 0.717) is 46.6 Å². The molecule has 0 amide bonds. The fourth-order valence-electron chi connectivity index (χ4n) is 4.02. The first-order valence-corrected chi connectivity index (χ1v) is 12.0. The van der Waals surface area contributed by atoms with Gasteiger partial charge >= 0.3 is 0 Å². The molecule has 194 valence electrons. The summed E-state index contributed by atoms with van der Waals surface area (Å²) in [5, 5.41) is 11.2.